The highest BCUT2D eigenvalue weighted by Gasteiger charge is 1.81. The van der Waals surface area contributed by atoms with Crippen LogP contribution in [0.5, 0.6) is 0 Å². The molecule has 0 aliphatic heterocycles. The summed E-state index contributed by atoms with van der Waals surface area (Å²) in [4.78, 5) is 9.93. The van der Waals surface area contributed by atoms with Crippen LogP contribution in [0.15, 0.2) is 0 Å². The van der Waals surface area contributed by atoms with Crippen LogP contribution in [0.1, 0.15) is 0 Å². The first kappa shape index (κ1) is 1.26. The van der Waals surface area contributed by atoms with E-state index in [1.165, 1.54) is 0 Å². The van der Waals surface area contributed by atoms with Gasteiger partial charge in [-0.05, 0) is 0 Å². The molecule has 0 saturated heterocycles. The summed E-state index contributed by atoms with van der Waals surface area (Å²) in [6.45, 7) is -0.497. The van der Waals surface area contributed by atoms with E-state index in [0.29, 0.717) is 0 Å². The van der Waals surface area contributed by atoms with Gasteiger partial charge in [-0.25, -0.2) is 0 Å². The van der Waals surface area contributed by atoms with Crippen molar-refractivity contribution in [2.24, 2.45) is 5.72 Å². The molecule has 0 aliphatic rings. The summed E-state index contributed by atoms with van der Waals surface area (Å²) in [5, 5.41) is 3.39. The lowest BCUT2D eigenvalue weighted by Gasteiger charge is -1.73. The zero-order chi connectivity index (χ0) is 6.57. The maximum atomic E-state index is 9.93. The van der Waals surface area contributed by atoms with E-state index in [9.17, 15) is 4.79 Å². The summed E-state index contributed by atoms with van der Waals surface area (Å²) in [6, 6.07) is 0. The van der Waals surface area contributed by atoms with Gasteiger partial charge >= 0.3 is 5.97 Å². The Kier molecular flexibility index (Phi) is 0.434. The molecule has 0 spiro atoms. The van der Waals surface area contributed by atoms with Crippen LogP contribution in [0, 0.1) is 0 Å². The predicted octanol–water partition coefficient (Wildman–Crippen LogP) is -0.970. The summed E-state index contributed by atoms with van der Waals surface area (Å²) in [6.07, 6.45) is 0. The molecule has 3 N–H and O–H groups in total. The predicted molar refractivity (Wildman–Crippen MR) is 16.7 cm³/mol. The molecule has 0 rings (SSSR count). The molecular weight excluding hydrogens is 70.0 g/mol. The van der Waals surface area contributed by atoms with E-state index in [4.69, 9.17) is 4.25 Å². The van der Waals surface area contributed by atoms with Crippen LogP contribution in [-0.4, -0.2) is 17.6 Å². The van der Waals surface area contributed by atoms with E-state index in [0.717, 1.165) is 0 Å². The van der Waals surface area contributed by atoms with E-state index in [-0.39, 0.29) is 5.72 Å². The molecule has 0 bridgehead atoms. The summed E-state index contributed by atoms with van der Waals surface area (Å²) >= 11 is 0. The van der Waals surface area contributed by atoms with Crippen molar-refractivity contribution < 1.29 is 12.7 Å². The molecule has 3 heteroatoms. The lowest BCUT2D eigenvalue weighted by Crippen LogP contribution is -2.10. The van der Waals surface area contributed by atoms with Gasteiger partial charge in [-0.15, -0.1) is 0 Å². The van der Waals surface area contributed by atoms with Crippen LogP contribution in [-0.2, 0) is 4.79 Å². The van der Waals surface area contributed by atoms with E-state index in [1.807, 2.05) is 0 Å². The number of hydrogen-bond donors (Lipinski definition) is 2. The molecule has 0 aromatic heterocycles. The summed E-state index contributed by atoms with van der Waals surface area (Å²) in [7, 11) is 0. The van der Waals surface area contributed by atoms with Gasteiger partial charge in [0.25, 0.3) is 1.43 Å². The monoisotopic (exact) mass is 78.1 g/mol. The minimum Gasteiger partial charge on any atom is -0.480 e. The van der Waals surface area contributed by atoms with E-state index in [1.54, 1.807) is 0 Å². The fraction of sp³-hybridized carbons (Fsp3) is 0.500. The first-order chi connectivity index (χ1) is 3.66. The lowest BCUT2D eigenvalue weighted by atomic mass is 10.7. The molecule has 0 fully saturated rings. The summed E-state index contributed by atoms with van der Waals surface area (Å²) in [5.74, 6) is -0.907. The number of carboxylic acid groups (broad SMARTS) is 1. The molecule has 5 heavy (non-hydrogen) atoms. The van der Waals surface area contributed by atoms with Gasteiger partial charge in [0.2, 0.25) is 0 Å². The van der Waals surface area contributed by atoms with Crippen LogP contribution >= 0.6 is 0 Å². The number of carboxylic acids is 1. The largest absolute Gasteiger partial charge is 0.480 e. The minimum absolute atomic E-state index is 0.136. The number of nitrogens with two attached hydrogens (primary N) is 1. The molecule has 0 aromatic carbocycles. The highest BCUT2D eigenvalue weighted by molar-refractivity contribution is 5.68. The van der Waals surface area contributed by atoms with Crippen molar-refractivity contribution >= 4 is 5.97 Å². The number of carbonyl (C=O) groups is 1. The molecule has 0 amide bonds. The number of hydrogen-bond acceptors (Lipinski definition) is 3. The quantitative estimate of drug-likeness (QED) is 0.446. The molecule has 0 saturated carbocycles. The Morgan fingerprint density at radius 1 is 2.60 bits per heavy atom. The third-order valence-electron chi connectivity index (χ3n) is 0.129. The fourth-order valence-corrected chi connectivity index (χ4v) is 0. The number of aliphatic carboxylic acids is 1. The molecule has 0 aliphatic carbocycles. The van der Waals surface area contributed by atoms with Gasteiger partial charge in [-0.1, -0.05) is 0 Å². The minimum atomic E-state index is -0.907. The second kappa shape index (κ2) is 1.72. The van der Waals surface area contributed by atoms with Crippen LogP contribution < -0.4 is 5.72 Å². The zero-order valence-corrected chi connectivity index (χ0v) is 2.47. The second-order valence-electron chi connectivity index (χ2n) is 0.530. The van der Waals surface area contributed by atoms with Crippen molar-refractivity contribution in [3.05, 3.63) is 0 Å². The van der Waals surface area contributed by atoms with E-state index in [2.05, 4.69) is 5.11 Å². The van der Waals surface area contributed by atoms with Crippen molar-refractivity contribution in [2.45, 2.75) is 0 Å². The van der Waals surface area contributed by atoms with Crippen LogP contribution in [0.25, 0.3) is 1.43 Å². The van der Waals surface area contributed by atoms with Crippen molar-refractivity contribution in [1.82, 2.24) is 0 Å². The van der Waals surface area contributed by atoms with Crippen LogP contribution in [0.4, 0.5) is 0 Å². The topological polar surface area (TPSA) is 63.3 Å². The zero-order valence-electron chi connectivity index (χ0n) is 5.47. The lowest BCUT2D eigenvalue weighted by molar-refractivity contribution is -0.135. The van der Waals surface area contributed by atoms with Gasteiger partial charge in [-0.3, -0.25) is 4.79 Å². The average molecular weight is 78.1 g/mol. The molecule has 0 atom stereocenters. The Hall–Kier alpha value is -0.570. The SMILES string of the molecule is [2H]OC(=O)CN([2H])[2H]. The average Bonchev–Trinajstić information content (AvgIpc) is 1.65. The Morgan fingerprint density at radius 2 is 3.40 bits per heavy atom. The van der Waals surface area contributed by atoms with Crippen molar-refractivity contribution in [3.8, 4) is 0 Å². The van der Waals surface area contributed by atoms with E-state index >= 15 is 0 Å². The first-order valence-electron chi connectivity index (χ1n) is 2.38. The third-order valence-corrected chi connectivity index (χ3v) is 0.129. The van der Waals surface area contributed by atoms with Gasteiger partial charge in [0, 0.05) is 0 Å². The molecule has 0 radical (unpaired) electrons. The van der Waals surface area contributed by atoms with Gasteiger partial charge in [0.1, 0.15) is 2.82 Å². The Labute approximate surface area is 33.8 Å². The van der Waals surface area contributed by atoms with Gasteiger partial charge in [0.05, 0.1) is 6.54 Å². The third kappa shape index (κ3) is 3.43. The maximum absolute atomic E-state index is 9.93. The maximum Gasteiger partial charge on any atom is 0.317 e. The highest BCUT2D eigenvalue weighted by atomic mass is 16.4. The molecule has 0 aromatic rings. The van der Waals surface area contributed by atoms with Gasteiger partial charge in [0.15, 0.2) is 0 Å². The van der Waals surface area contributed by atoms with Crippen molar-refractivity contribution in [1.29, 1.82) is 1.43 Å². The summed E-state index contributed by atoms with van der Waals surface area (Å²) < 4.78 is 18.6. The van der Waals surface area contributed by atoms with Crippen molar-refractivity contribution in [3.63, 3.8) is 0 Å². The second-order valence-corrected chi connectivity index (χ2v) is 0.530. The molecule has 3 nitrogen and oxygen atoms in total. The molecule has 0 unspecified atom stereocenters. The standard InChI is InChI=1S/C2H5NO2/c3-1-2(4)5/h1,3H2,(H,4,5)/i/hD3. The molecule has 30 valence electrons. The number of rotatable bonds is 2. The normalized spacial score (nSPS) is 15.8. The van der Waals surface area contributed by atoms with Gasteiger partial charge < -0.3 is 10.8 Å². The Bertz CT molecular complexity index is 85.4. The Morgan fingerprint density at radius 3 is 3.60 bits per heavy atom. The van der Waals surface area contributed by atoms with Gasteiger partial charge in [-0.2, -0.15) is 0 Å². The Balaban J connectivity index is 3.25. The van der Waals surface area contributed by atoms with Crippen molar-refractivity contribution in [2.75, 3.05) is 6.54 Å². The van der Waals surface area contributed by atoms with Crippen LogP contribution in [0.3, 0.4) is 0 Å². The first-order valence-corrected chi connectivity index (χ1v) is 1.08. The highest BCUT2D eigenvalue weighted by Crippen LogP contribution is 1.43. The summed E-state index contributed by atoms with van der Waals surface area (Å²) in [5.41, 5.74) is 0.136. The molecule has 0 heterocycles. The van der Waals surface area contributed by atoms with Crippen LogP contribution in [0.2, 0.25) is 2.82 Å². The smallest absolute Gasteiger partial charge is 0.317 e. The fourth-order valence-electron chi connectivity index (χ4n) is 0. The van der Waals surface area contributed by atoms with E-state index < -0.39 is 12.5 Å². The molecular formula is C2H5NO2.